The average molecular weight is 483 g/mol. The van der Waals surface area contributed by atoms with Crippen LogP contribution in [0.2, 0.25) is 5.02 Å². The Morgan fingerprint density at radius 2 is 1.61 bits per heavy atom. The van der Waals surface area contributed by atoms with Crippen LogP contribution in [-0.4, -0.2) is 11.9 Å². The molecule has 2 aromatic rings. The number of carbonyl (C=O) groups excluding carboxylic acids is 2. The van der Waals surface area contributed by atoms with Crippen LogP contribution in [0.15, 0.2) is 30.3 Å². The van der Waals surface area contributed by atoms with Crippen molar-refractivity contribution in [2.24, 2.45) is 11.8 Å². The maximum Gasteiger partial charge on any atom is 0.345 e. The standard InChI is InChI=1S/C25H26ClF3O4/c1-2-3-4-5-15-6-8-16(9-7-15)24(30)32-17-10-11-19(20(26)12-17)25(31)33-18-13-21(27)23(29)22(28)14-18/h10-16H,2-9H2,1H3. The molecule has 8 heteroatoms. The summed E-state index contributed by atoms with van der Waals surface area (Å²) in [4.78, 5) is 24.8. The van der Waals surface area contributed by atoms with E-state index in [9.17, 15) is 22.8 Å². The van der Waals surface area contributed by atoms with Gasteiger partial charge in [0.2, 0.25) is 0 Å². The maximum absolute atomic E-state index is 13.3. The van der Waals surface area contributed by atoms with E-state index < -0.39 is 29.2 Å². The van der Waals surface area contributed by atoms with Gasteiger partial charge in [0.1, 0.15) is 11.5 Å². The van der Waals surface area contributed by atoms with Gasteiger partial charge >= 0.3 is 11.9 Å². The largest absolute Gasteiger partial charge is 0.426 e. The van der Waals surface area contributed by atoms with E-state index in [1.807, 2.05) is 0 Å². The quantitative estimate of drug-likeness (QED) is 0.172. The maximum atomic E-state index is 13.3. The lowest BCUT2D eigenvalue weighted by Gasteiger charge is -2.27. The van der Waals surface area contributed by atoms with Crippen LogP contribution in [0.5, 0.6) is 11.5 Å². The Kier molecular flexibility index (Phi) is 8.78. The van der Waals surface area contributed by atoms with Crippen LogP contribution in [0.3, 0.4) is 0 Å². The van der Waals surface area contributed by atoms with Crippen LogP contribution in [0.4, 0.5) is 13.2 Å². The second kappa shape index (κ2) is 11.5. The van der Waals surface area contributed by atoms with Crippen molar-refractivity contribution < 1.29 is 32.2 Å². The first kappa shape index (κ1) is 25.1. The summed E-state index contributed by atoms with van der Waals surface area (Å²) in [6.45, 7) is 2.18. The van der Waals surface area contributed by atoms with Crippen molar-refractivity contribution in [3.05, 3.63) is 58.4 Å². The number of hydrogen-bond donors (Lipinski definition) is 0. The monoisotopic (exact) mass is 482 g/mol. The zero-order valence-corrected chi connectivity index (χ0v) is 19.1. The van der Waals surface area contributed by atoms with Gasteiger partial charge in [-0.05, 0) is 43.7 Å². The van der Waals surface area contributed by atoms with E-state index in [-0.39, 0.29) is 28.2 Å². The lowest BCUT2D eigenvalue weighted by Crippen LogP contribution is -2.25. The van der Waals surface area contributed by atoms with Crippen LogP contribution in [0.1, 0.15) is 68.6 Å². The van der Waals surface area contributed by atoms with Gasteiger partial charge in [0.25, 0.3) is 0 Å². The van der Waals surface area contributed by atoms with Crippen molar-refractivity contribution in [1.29, 1.82) is 0 Å². The van der Waals surface area contributed by atoms with Gasteiger partial charge in [-0.1, -0.05) is 44.2 Å². The molecule has 0 atom stereocenters. The van der Waals surface area contributed by atoms with Crippen molar-refractivity contribution in [3.8, 4) is 11.5 Å². The highest BCUT2D eigenvalue weighted by molar-refractivity contribution is 6.33. The number of benzene rings is 2. The van der Waals surface area contributed by atoms with Gasteiger partial charge in [-0.25, -0.2) is 18.0 Å². The molecular formula is C25H26ClF3O4. The third-order valence-electron chi connectivity index (χ3n) is 5.94. The van der Waals surface area contributed by atoms with Crippen molar-refractivity contribution in [2.75, 3.05) is 0 Å². The molecule has 33 heavy (non-hydrogen) atoms. The number of rotatable bonds is 8. The fourth-order valence-electron chi connectivity index (χ4n) is 4.05. The van der Waals surface area contributed by atoms with Gasteiger partial charge in [-0.15, -0.1) is 0 Å². The molecule has 0 amide bonds. The van der Waals surface area contributed by atoms with Crippen molar-refractivity contribution in [1.82, 2.24) is 0 Å². The molecule has 1 saturated carbocycles. The van der Waals surface area contributed by atoms with E-state index in [0.717, 1.165) is 25.7 Å². The highest BCUT2D eigenvalue weighted by Gasteiger charge is 2.28. The van der Waals surface area contributed by atoms with Crippen molar-refractivity contribution >= 4 is 23.5 Å². The molecule has 3 rings (SSSR count). The van der Waals surface area contributed by atoms with Crippen molar-refractivity contribution in [2.45, 2.75) is 58.3 Å². The van der Waals surface area contributed by atoms with Crippen LogP contribution >= 0.6 is 11.6 Å². The van der Waals surface area contributed by atoms with E-state index in [1.165, 1.54) is 43.9 Å². The van der Waals surface area contributed by atoms with Crippen LogP contribution in [0, 0.1) is 29.3 Å². The highest BCUT2D eigenvalue weighted by atomic mass is 35.5. The summed E-state index contributed by atoms with van der Waals surface area (Å²) in [7, 11) is 0. The Morgan fingerprint density at radius 1 is 0.939 bits per heavy atom. The number of carbonyl (C=O) groups is 2. The number of unbranched alkanes of at least 4 members (excludes halogenated alkanes) is 2. The minimum Gasteiger partial charge on any atom is -0.426 e. The highest BCUT2D eigenvalue weighted by Crippen LogP contribution is 2.33. The number of hydrogen-bond acceptors (Lipinski definition) is 4. The molecule has 2 aromatic carbocycles. The van der Waals surface area contributed by atoms with E-state index in [4.69, 9.17) is 21.1 Å². The zero-order valence-electron chi connectivity index (χ0n) is 18.3. The van der Waals surface area contributed by atoms with Gasteiger partial charge in [-0.2, -0.15) is 0 Å². The van der Waals surface area contributed by atoms with E-state index in [2.05, 4.69) is 6.92 Å². The van der Waals surface area contributed by atoms with E-state index >= 15 is 0 Å². The molecule has 178 valence electrons. The zero-order chi connectivity index (χ0) is 24.0. The molecule has 0 aliphatic heterocycles. The normalized spacial score (nSPS) is 18.1. The lowest BCUT2D eigenvalue weighted by atomic mass is 9.80. The summed E-state index contributed by atoms with van der Waals surface area (Å²) >= 11 is 6.13. The molecule has 1 aliphatic rings. The molecule has 0 N–H and O–H groups in total. The van der Waals surface area contributed by atoms with E-state index in [1.54, 1.807) is 0 Å². The Balaban J connectivity index is 1.56. The summed E-state index contributed by atoms with van der Waals surface area (Å²) in [6.07, 6.45) is 8.49. The first-order chi connectivity index (χ1) is 15.8. The second-order valence-electron chi connectivity index (χ2n) is 8.37. The lowest BCUT2D eigenvalue weighted by molar-refractivity contribution is -0.140. The Morgan fingerprint density at radius 3 is 2.21 bits per heavy atom. The van der Waals surface area contributed by atoms with E-state index in [0.29, 0.717) is 18.1 Å². The smallest absolute Gasteiger partial charge is 0.345 e. The molecule has 0 spiro atoms. The molecule has 0 saturated heterocycles. The molecule has 0 unspecified atom stereocenters. The third-order valence-corrected chi connectivity index (χ3v) is 6.26. The molecular weight excluding hydrogens is 457 g/mol. The molecule has 1 aliphatic carbocycles. The van der Waals surface area contributed by atoms with Gasteiger partial charge in [0.05, 0.1) is 16.5 Å². The van der Waals surface area contributed by atoms with Gasteiger partial charge < -0.3 is 9.47 Å². The SMILES string of the molecule is CCCCCC1CCC(C(=O)Oc2ccc(C(=O)Oc3cc(F)c(F)c(F)c3)c(Cl)c2)CC1. The predicted molar refractivity (Wildman–Crippen MR) is 118 cm³/mol. The summed E-state index contributed by atoms with van der Waals surface area (Å²) in [5.74, 6) is -5.78. The Bertz CT molecular complexity index is 980. The van der Waals surface area contributed by atoms with Gasteiger partial charge in [0.15, 0.2) is 17.5 Å². The number of halogens is 4. The second-order valence-corrected chi connectivity index (χ2v) is 8.77. The topological polar surface area (TPSA) is 52.6 Å². The third kappa shape index (κ3) is 6.73. The molecule has 0 heterocycles. The molecule has 0 aromatic heterocycles. The predicted octanol–water partition coefficient (Wildman–Crippen LogP) is 7.27. The average Bonchev–Trinajstić information content (AvgIpc) is 2.78. The Labute approximate surface area is 196 Å². The van der Waals surface area contributed by atoms with Crippen LogP contribution in [0.25, 0.3) is 0 Å². The molecule has 1 fully saturated rings. The molecule has 4 nitrogen and oxygen atoms in total. The minimum absolute atomic E-state index is 0.0620. The molecule has 0 radical (unpaired) electrons. The summed E-state index contributed by atoms with van der Waals surface area (Å²) in [6, 6.07) is 5.09. The fraction of sp³-hybridized carbons (Fsp3) is 0.440. The number of ether oxygens (including phenoxy) is 2. The summed E-state index contributed by atoms with van der Waals surface area (Å²) in [5.41, 5.74) is -0.103. The van der Waals surface area contributed by atoms with Gasteiger partial charge in [0, 0.05) is 18.2 Å². The van der Waals surface area contributed by atoms with Crippen molar-refractivity contribution in [3.63, 3.8) is 0 Å². The molecule has 0 bridgehead atoms. The summed E-state index contributed by atoms with van der Waals surface area (Å²) in [5, 5.41) is -0.0620. The van der Waals surface area contributed by atoms with Crippen LogP contribution in [-0.2, 0) is 4.79 Å². The first-order valence-electron chi connectivity index (χ1n) is 11.2. The Hall–Kier alpha value is -2.54. The number of esters is 2. The first-order valence-corrected chi connectivity index (χ1v) is 11.5. The summed E-state index contributed by atoms with van der Waals surface area (Å²) < 4.78 is 50.0. The van der Waals surface area contributed by atoms with Crippen LogP contribution < -0.4 is 9.47 Å². The minimum atomic E-state index is -1.66. The fourth-order valence-corrected chi connectivity index (χ4v) is 4.30. The van der Waals surface area contributed by atoms with Gasteiger partial charge in [-0.3, -0.25) is 4.79 Å².